The van der Waals surface area contributed by atoms with Gasteiger partial charge in [-0.05, 0) is 43.0 Å². The number of thiocarbonyl (C=S) groups is 1. The van der Waals surface area contributed by atoms with E-state index in [4.69, 9.17) is 18.0 Å². The maximum Gasteiger partial charge on any atom is 0.122 e. The van der Waals surface area contributed by atoms with Gasteiger partial charge in [-0.25, -0.2) is 0 Å². The van der Waals surface area contributed by atoms with Crippen LogP contribution < -0.4 is 5.73 Å². The topological polar surface area (TPSA) is 42.2 Å². The Hall–Kier alpha value is -1.00. The minimum atomic E-state index is 0.377. The molecule has 1 unspecified atom stereocenters. The average Bonchev–Trinajstić information content (AvgIpc) is 2.39. The molecule has 4 heteroatoms. The van der Waals surface area contributed by atoms with Crippen LogP contribution in [0.1, 0.15) is 37.4 Å². The Labute approximate surface area is 114 Å². The first-order valence-corrected chi connectivity index (χ1v) is 7.07. The first kappa shape index (κ1) is 13.4. The summed E-state index contributed by atoms with van der Waals surface area (Å²) in [7, 11) is 0. The minimum absolute atomic E-state index is 0.377. The van der Waals surface area contributed by atoms with Crippen LogP contribution in [0.25, 0.3) is 0 Å². The molecule has 0 aromatic carbocycles. The van der Waals surface area contributed by atoms with Crippen molar-refractivity contribution in [1.29, 1.82) is 0 Å². The summed E-state index contributed by atoms with van der Waals surface area (Å²) in [6, 6.07) is 4.06. The zero-order chi connectivity index (χ0) is 13.0. The van der Waals surface area contributed by atoms with Crippen LogP contribution >= 0.6 is 12.2 Å². The van der Waals surface area contributed by atoms with Gasteiger partial charge in [-0.2, -0.15) is 0 Å². The molecule has 0 amide bonds. The quantitative estimate of drug-likeness (QED) is 0.847. The summed E-state index contributed by atoms with van der Waals surface area (Å²) >= 11 is 4.97. The fraction of sp³-hybridized carbons (Fsp3) is 0.571. The standard InChI is InChI=1S/C14H21N3S/c1-2-11-4-3-7-17(9-11)10-12-5-6-16-13(8-12)14(15)18/h5-6,8,11H,2-4,7,9-10H2,1H3,(H2,15,18). The van der Waals surface area contributed by atoms with E-state index in [-0.39, 0.29) is 0 Å². The van der Waals surface area contributed by atoms with Crippen LogP contribution in [0.4, 0.5) is 0 Å². The van der Waals surface area contributed by atoms with E-state index in [9.17, 15) is 0 Å². The maximum absolute atomic E-state index is 5.61. The molecule has 0 saturated carbocycles. The third kappa shape index (κ3) is 3.50. The number of nitrogens with zero attached hydrogens (tertiary/aromatic N) is 2. The third-order valence-corrected chi connectivity index (χ3v) is 3.87. The molecule has 0 radical (unpaired) electrons. The van der Waals surface area contributed by atoms with Gasteiger partial charge in [-0.1, -0.05) is 25.6 Å². The van der Waals surface area contributed by atoms with E-state index in [2.05, 4.69) is 22.9 Å². The predicted molar refractivity (Wildman–Crippen MR) is 78.4 cm³/mol. The van der Waals surface area contributed by atoms with Crippen molar-refractivity contribution in [3.05, 3.63) is 29.6 Å². The Morgan fingerprint density at radius 2 is 2.44 bits per heavy atom. The summed E-state index contributed by atoms with van der Waals surface area (Å²) in [5.41, 5.74) is 7.60. The molecule has 1 fully saturated rings. The molecule has 2 rings (SSSR count). The molecule has 1 aliphatic heterocycles. The third-order valence-electron chi connectivity index (χ3n) is 3.66. The van der Waals surface area contributed by atoms with Crippen molar-refractivity contribution in [1.82, 2.24) is 9.88 Å². The molecular formula is C14H21N3S. The molecule has 1 aromatic rings. The molecule has 2 N–H and O–H groups in total. The van der Waals surface area contributed by atoms with Crippen LogP contribution in [0.15, 0.2) is 18.3 Å². The summed E-state index contributed by atoms with van der Waals surface area (Å²) in [5, 5.41) is 0. The summed E-state index contributed by atoms with van der Waals surface area (Å²) < 4.78 is 0. The van der Waals surface area contributed by atoms with Crippen LogP contribution in [0.5, 0.6) is 0 Å². The largest absolute Gasteiger partial charge is 0.388 e. The maximum atomic E-state index is 5.61. The molecular weight excluding hydrogens is 242 g/mol. The van der Waals surface area contributed by atoms with Gasteiger partial charge in [0.15, 0.2) is 0 Å². The fourth-order valence-electron chi connectivity index (χ4n) is 2.59. The predicted octanol–water partition coefficient (Wildman–Crippen LogP) is 2.34. The van der Waals surface area contributed by atoms with Gasteiger partial charge in [-0.15, -0.1) is 0 Å². The Bertz CT molecular complexity index is 419. The number of rotatable bonds is 4. The minimum Gasteiger partial charge on any atom is -0.388 e. The fourth-order valence-corrected chi connectivity index (χ4v) is 2.71. The lowest BCUT2D eigenvalue weighted by Gasteiger charge is -2.32. The smallest absolute Gasteiger partial charge is 0.122 e. The van der Waals surface area contributed by atoms with Gasteiger partial charge in [0.2, 0.25) is 0 Å². The number of nitrogens with two attached hydrogens (primary N) is 1. The van der Waals surface area contributed by atoms with Gasteiger partial charge in [0.05, 0.1) is 5.69 Å². The average molecular weight is 263 g/mol. The molecule has 18 heavy (non-hydrogen) atoms. The lowest BCUT2D eigenvalue weighted by molar-refractivity contribution is 0.164. The van der Waals surface area contributed by atoms with Crippen LogP contribution in [0.3, 0.4) is 0 Å². The highest BCUT2D eigenvalue weighted by atomic mass is 32.1. The zero-order valence-electron chi connectivity index (χ0n) is 10.9. The highest BCUT2D eigenvalue weighted by Gasteiger charge is 2.18. The molecule has 1 saturated heterocycles. The summed E-state index contributed by atoms with van der Waals surface area (Å²) in [5.74, 6) is 0.857. The number of hydrogen-bond acceptors (Lipinski definition) is 3. The molecule has 1 aliphatic rings. The van der Waals surface area contributed by atoms with Crippen molar-refractivity contribution < 1.29 is 0 Å². The van der Waals surface area contributed by atoms with Crippen LogP contribution in [0.2, 0.25) is 0 Å². The highest BCUT2D eigenvalue weighted by Crippen LogP contribution is 2.20. The Morgan fingerprint density at radius 1 is 1.61 bits per heavy atom. The van der Waals surface area contributed by atoms with Crippen LogP contribution in [-0.2, 0) is 6.54 Å². The molecule has 0 spiro atoms. The Kier molecular flexibility index (Phi) is 4.66. The number of piperidine rings is 1. The van der Waals surface area contributed by atoms with E-state index >= 15 is 0 Å². The SMILES string of the molecule is CCC1CCCN(Cc2ccnc(C(N)=S)c2)C1. The van der Waals surface area contributed by atoms with E-state index < -0.39 is 0 Å². The number of likely N-dealkylation sites (tertiary alicyclic amines) is 1. The van der Waals surface area contributed by atoms with Gasteiger partial charge < -0.3 is 5.73 Å². The van der Waals surface area contributed by atoms with E-state index in [0.717, 1.165) is 18.2 Å². The normalized spacial score (nSPS) is 20.8. The zero-order valence-corrected chi connectivity index (χ0v) is 11.7. The monoisotopic (exact) mass is 263 g/mol. The van der Waals surface area contributed by atoms with Crippen LogP contribution in [-0.4, -0.2) is 28.0 Å². The van der Waals surface area contributed by atoms with Gasteiger partial charge in [0.25, 0.3) is 0 Å². The van der Waals surface area contributed by atoms with Crippen molar-refractivity contribution in [2.24, 2.45) is 11.7 Å². The molecule has 3 nitrogen and oxygen atoms in total. The Balaban J connectivity index is 2.00. The van der Waals surface area contributed by atoms with Crippen molar-refractivity contribution in [2.45, 2.75) is 32.7 Å². The molecule has 1 aromatic heterocycles. The van der Waals surface area contributed by atoms with Crippen molar-refractivity contribution >= 4 is 17.2 Å². The van der Waals surface area contributed by atoms with E-state index in [1.54, 1.807) is 6.20 Å². The molecule has 1 atom stereocenters. The molecule has 2 heterocycles. The van der Waals surface area contributed by atoms with Gasteiger partial charge in [0, 0.05) is 19.3 Å². The number of aromatic nitrogens is 1. The molecule has 0 bridgehead atoms. The number of pyridine rings is 1. The van der Waals surface area contributed by atoms with E-state index in [1.807, 2.05) is 6.07 Å². The second-order valence-electron chi connectivity index (χ2n) is 5.07. The lowest BCUT2D eigenvalue weighted by atomic mass is 9.95. The van der Waals surface area contributed by atoms with Gasteiger partial charge >= 0.3 is 0 Å². The second kappa shape index (κ2) is 6.25. The molecule has 98 valence electrons. The first-order chi connectivity index (χ1) is 8.69. The molecule has 0 aliphatic carbocycles. The number of hydrogen-bond donors (Lipinski definition) is 1. The van der Waals surface area contributed by atoms with Gasteiger partial charge in [0.1, 0.15) is 4.99 Å². The first-order valence-electron chi connectivity index (χ1n) is 6.66. The lowest BCUT2D eigenvalue weighted by Crippen LogP contribution is -2.34. The van der Waals surface area contributed by atoms with Crippen molar-refractivity contribution in [2.75, 3.05) is 13.1 Å². The summed E-state index contributed by atoms with van der Waals surface area (Å²) in [6.45, 7) is 5.67. The van der Waals surface area contributed by atoms with Crippen molar-refractivity contribution in [3.63, 3.8) is 0 Å². The summed E-state index contributed by atoms with van der Waals surface area (Å²) in [4.78, 5) is 7.08. The van der Waals surface area contributed by atoms with E-state index in [1.165, 1.54) is 37.9 Å². The van der Waals surface area contributed by atoms with Crippen LogP contribution in [0, 0.1) is 5.92 Å². The second-order valence-corrected chi connectivity index (χ2v) is 5.51. The van der Waals surface area contributed by atoms with E-state index in [0.29, 0.717) is 4.99 Å². The Morgan fingerprint density at radius 3 is 3.17 bits per heavy atom. The highest BCUT2D eigenvalue weighted by molar-refractivity contribution is 7.80. The van der Waals surface area contributed by atoms with Gasteiger partial charge in [-0.3, -0.25) is 9.88 Å². The van der Waals surface area contributed by atoms with Crippen molar-refractivity contribution in [3.8, 4) is 0 Å². The summed E-state index contributed by atoms with van der Waals surface area (Å²) in [6.07, 6.45) is 5.77.